The Kier molecular flexibility index (Phi) is 6.32. The van der Waals surface area contributed by atoms with Gasteiger partial charge in [-0.2, -0.15) is 0 Å². The molecule has 0 unspecified atom stereocenters. The summed E-state index contributed by atoms with van der Waals surface area (Å²) in [6.45, 7) is 1.68. The quantitative estimate of drug-likeness (QED) is 0.434. The molecule has 0 aliphatic rings. The number of nitrogens with one attached hydrogen (secondary N) is 2. The summed E-state index contributed by atoms with van der Waals surface area (Å²) in [7, 11) is -3.43. The Morgan fingerprint density at radius 3 is 2.57 bits per heavy atom. The third-order valence-electron chi connectivity index (χ3n) is 3.71. The van der Waals surface area contributed by atoms with E-state index in [4.69, 9.17) is 0 Å². The van der Waals surface area contributed by atoms with E-state index >= 15 is 0 Å². The van der Waals surface area contributed by atoms with E-state index in [0.29, 0.717) is 21.9 Å². The number of aromatic nitrogens is 2. The van der Waals surface area contributed by atoms with E-state index in [9.17, 15) is 13.2 Å². The second kappa shape index (κ2) is 8.72. The molecule has 7 nitrogen and oxygen atoms in total. The number of amides is 1. The van der Waals surface area contributed by atoms with Gasteiger partial charge >= 0.3 is 0 Å². The number of benzene rings is 2. The van der Waals surface area contributed by atoms with Gasteiger partial charge in [0.2, 0.25) is 15.2 Å². The fraction of sp³-hybridized carbons (Fsp3) is 0.167. The monoisotopic (exact) mass is 434 g/mol. The normalized spacial score (nSPS) is 11.2. The number of hydrogen-bond donors (Lipinski definition) is 2. The number of anilines is 2. The molecule has 0 aliphatic carbocycles. The Hall–Kier alpha value is -2.43. The zero-order chi connectivity index (χ0) is 20.1. The number of hydrogen-bond acceptors (Lipinski definition) is 7. The van der Waals surface area contributed by atoms with E-state index in [1.165, 1.54) is 16.9 Å². The summed E-state index contributed by atoms with van der Waals surface area (Å²) in [5.41, 5.74) is 2.45. The van der Waals surface area contributed by atoms with Crippen LogP contribution in [0.3, 0.4) is 0 Å². The molecule has 3 aromatic rings. The van der Waals surface area contributed by atoms with E-state index in [1.807, 2.05) is 30.3 Å². The van der Waals surface area contributed by atoms with Crippen LogP contribution in [0.25, 0.3) is 0 Å². The van der Waals surface area contributed by atoms with Gasteiger partial charge in [0, 0.05) is 11.3 Å². The third kappa shape index (κ3) is 5.54. The minimum atomic E-state index is -3.43. The maximum absolute atomic E-state index is 12.6. The van der Waals surface area contributed by atoms with Crippen molar-refractivity contribution in [2.75, 3.05) is 16.3 Å². The van der Waals surface area contributed by atoms with Gasteiger partial charge in [0.15, 0.2) is 4.34 Å². The topological polar surface area (TPSA) is 101 Å². The predicted molar refractivity (Wildman–Crippen MR) is 114 cm³/mol. The van der Waals surface area contributed by atoms with Gasteiger partial charge in [0.05, 0.1) is 11.9 Å². The van der Waals surface area contributed by atoms with Crippen LogP contribution >= 0.6 is 23.1 Å². The lowest BCUT2D eigenvalue weighted by Crippen LogP contribution is -2.16. The molecule has 0 bridgehead atoms. The van der Waals surface area contributed by atoms with Crippen LogP contribution in [0.4, 0.5) is 10.8 Å². The standard InChI is InChI=1S/C18H18N4O3S3/c1-12-14(9-6-10-15(12)22-28(2,24)25)16(23)19-17-20-21-18(27-17)26-11-13-7-4-3-5-8-13/h3-10,22H,11H2,1-2H3,(H,19,20,23). The van der Waals surface area contributed by atoms with Gasteiger partial charge in [0.1, 0.15) is 0 Å². The lowest BCUT2D eigenvalue weighted by Gasteiger charge is -2.11. The first-order valence-electron chi connectivity index (χ1n) is 8.21. The Morgan fingerprint density at radius 1 is 1.11 bits per heavy atom. The van der Waals surface area contributed by atoms with Crippen molar-refractivity contribution in [3.8, 4) is 0 Å². The van der Waals surface area contributed by atoms with Crippen LogP contribution in [0.1, 0.15) is 21.5 Å². The molecule has 2 aromatic carbocycles. The van der Waals surface area contributed by atoms with Gasteiger partial charge in [-0.25, -0.2) is 8.42 Å². The van der Waals surface area contributed by atoms with Gasteiger partial charge in [-0.15, -0.1) is 10.2 Å². The fourth-order valence-corrected chi connectivity index (χ4v) is 4.72. The highest BCUT2D eigenvalue weighted by atomic mass is 32.2. The average Bonchev–Trinajstić information content (AvgIpc) is 3.09. The first-order valence-corrected chi connectivity index (χ1v) is 11.9. The molecule has 0 radical (unpaired) electrons. The van der Waals surface area contributed by atoms with Crippen LogP contribution in [-0.4, -0.2) is 30.8 Å². The van der Waals surface area contributed by atoms with Crippen molar-refractivity contribution in [3.05, 3.63) is 65.2 Å². The maximum atomic E-state index is 12.6. The van der Waals surface area contributed by atoms with Crippen LogP contribution in [0.15, 0.2) is 52.9 Å². The zero-order valence-corrected chi connectivity index (χ0v) is 17.6. The molecule has 3 rings (SSSR count). The Balaban J connectivity index is 1.67. The van der Waals surface area contributed by atoms with Gasteiger partial charge in [-0.1, -0.05) is 59.5 Å². The van der Waals surface area contributed by atoms with E-state index in [-0.39, 0.29) is 5.91 Å². The predicted octanol–water partition coefficient (Wildman–Crippen LogP) is 3.76. The van der Waals surface area contributed by atoms with Crippen molar-refractivity contribution >= 4 is 49.8 Å². The SMILES string of the molecule is Cc1c(NS(C)(=O)=O)cccc1C(=O)Nc1nnc(SCc2ccccc2)s1. The lowest BCUT2D eigenvalue weighted by molar-refractivity contribution is 0.102. The lowest BCUT2D eigenvalue weighted by atomic mass is 10.1. The van der Waals surface area contributed by atoms with Crippen molar-refractivity contribution in [1.29, 1.82) is 0 Å². The van der Waals surface area contributed by atoms with Crippen LogP contribution in [0, 0.1) is 6.92 Å². The third-order valence-corrected chi connectivity index (χ3v) is 6.34. The number of carbonyl (C=O) groups is 1. The highest BCUT2D eigenvalue weighted by Gasteiger charge is 2.16. The Labute approximate surface area is 171 Å². The molecule has 0 aliphatic heterocycles. The summed E-state index contributed by atoms with van der Waals surface area (Å²) in [5, 5.41) is 11.2. The van der Waals surface area contributed by atoms with Crippen molar-refractivity contribution in [2.45, 2.75) is 17.0 Å². The first-order chi connectivity index (χ1) is 13.3. The molecule has 1 aromatic heterocycles. The molecule has 0 saturated carbocycles. The molecular formula is C18H18N4O3S3. The minimum absolute atomic E-state index is 0.363. The summed E-state index contributed by atoms with van der Waals surface area (Å²) in [6.07, 6.45) is 1.06. The Bertz CT molecular complexity index is 1080. The molecular weight excluding hydrogens is 416 g/mol. The van der Waals surface area contributed by atoms with E-state index in [0.717, 1.165) is 16.3 Å². The van der Waals surface area contributed by atoms with Gasteiger partial charge in [0.25, 0.3) is 5.91 Å². The average molecular weight is 435 g/mol. The molecule has 146 valence electrons. The van der Waals surface area contributed by atoms with Crippen molar-refractivity contribution in [2.24, 2.45) is 0 Å². The molecule has 1 amide bonds. The molecule has 28 heavy (non-hydrogen) atoms. The van der Waals surface area contributed by atoms with Crippen LogP contribution in [0.5, 0.6) is 0 Å². The van der Waals surface area contributed by atoms with Gasteiger partial charge < -0.3 is 0 Å². The summed E-state index contributed by atoms with van der Waals surface area (Å²) in [4.78, 5) is 12.6. The van der Waals surface area contributed by atoms with Crippen LogP contribution < -0.4 is 10.0 Å². The smallest absolute Gasteiger partial charge is 0.257 e. The van der Waals surface area contributed by atoms with Crippen molar-refractivity contribution in [1.82, 2.24) is 10.2 Å². The Morgan fingerprint density at radius 2 is 1.86 bits per heavy atom. The number of nitrogens with zero attached hydrogens (tertiary/aromatic N) is 2. The van der Waals surface area contributed by atoms with Crippen molar-refractivity contribution < 1.29 is 13.2 Å². The van der Waals surface area contributed by atoms with Gasteiger partial charge in [-0.3, -0.25) is 14.8 Å². The zero-order valence-electron chi connectivity index (χ0n) is 15.2. The molecule has 0 saturated heterocycles. The highest BCUT2D eigenvalue weighted by molar-refractivity contribution is 8.00. The fourth-order valence-electron chi connectivity index (χ4n) is 2.39. The number of carbonyl (C=O) groups excluding carboxylic acids is 1. The number of sulfonamides is 1. The maximum Gasteiger partial charge on any atom is 0.257 e. The van der Waals surface area contributed by atoms with E-state index in [2.05, 4.69) is 20.2 Å². The largest absolute Gasteiger partial charge is 0.296 e. The molecule has 1 heterocycles. The first kappa shape index (κ1) is 20.3. The van der Waals surface area contributed by atoms with Crippen molar-refractivity contribution in [3.63, 3.8) is 0 Å². The molecule has 2 N–H and O–H groups in total. The summed E-state index contributed by atoms with van der Waals surface area (Å²) < 4.78 is 26.1. The second-order valence-corrected chi connectivity index (χ2v) is 9.90. The summed E-state index contributed by atoms with van der Waals surface area (Å²) in [6, 6.07) is 14.9. The number of rotatable bonds is 7. The number of thioether (sulfide) groups is 1. The van der Waals surface area contributed by atoms with E-state index in [1.54, 1.807) is 36.9 Å². The summed E-state index contributed by atoms with van der Waals surface area (Å²) in [5.74, 6) is 0.396. The summed E-state index contributed by atoms with van der Waals surface area (Å²) >= 11 is 2.84. The second-order valence-electron chi connectivity index (χ2n) is 5.95. The van der Waals surface area contributed by atoms with Gasteiger partial charge in [-0.05, 0) is 30.2 Å². The van der Waals surface area contributed by atoms with Crippen LogP contribution in [-0.2, 0) is 15.8 Å². The molecule has 10 heteroatoms. The molecule has 0 fully saturated rings. The van der Waals surface area contributed by atoms with Crippen LogP contribution in [0.2, 0.25) is 0 Å². The highest BCUT2D eigenvalue weighted by Crippen LogP contribution is 2.29. The van der Waals surface area contributed by atoms with E-state index < -0.39 is 10.0 Å². The molecule has 0 spiro atoms. The minimum Gasteiger partial charge on any atom is -0.296 e. The molecule has 0 atom stereocenters.